The molecule has 0 atom stereocenters. The van der Waals surface area contributed by atoms with E-state index >= 15 is 0 Å². The molecule has 0 radical (unpaired) electrons. The molecule has 2 rings (SSSR count). The van der Waals surface area contributed by atoms with Crippen molar-refractivity contribution in [3.05, 3.63) is 30.5 Å². The van der Waals surface area contributed by atoms with Crippen LogP contribution in [-0.2, 0) is 0 Å². The Kier molecular flexibility index (Phi) is 5.03. The predicted molar refractivity (Wildman–Crippen MR) is 111 cm³/mol. The number of rotatable bonds is 5. The summed E-state index contributed by atoms with van der Waals surface area (Å²) in [5, 5.41) is 3.14. The van der Waals surface area contributed by atoms with E-state index in [4.69, 9.17) is 0 Å². The number of hydrogen-bond donors (Lipinski definition) is 0. The topological polar surface area (TPSA) is 4.93 Å². The van der Waals surface area contributed by atoms with Gasteiger partial charge in [-0.25, -0.2) is 0 Å². The molecule has 0 amide bonds. The minimum atomic E-state index is -1.69. The van der Waals surface area contributed by atoms with E-state index in [2.05, 4.69) is 95.9 Å². The van der Waals surface area contributed by atoms with Gasteiger partial charge in [0, 0.05) is 5.52 Å². The van der Waals surface area contributed by atoms with Gasteiger partial charge in [0.1, 0.15) is 0 Å². The van der Waals surface area contributed by atoms with Gasteiger partial charge in [-0.15, -0.1) is 0 Å². The van der Waals surface area contributed by atoms with Gasteiger partial charge < -0.3 is 4.23 Å². The van der Waals surface area contributed by atoms with Crippen molar-refractivity contribution in [3.63, 3.8) is 0 Å². The number of para-hydroxylation sites is 1. The second kappa shape index (κ2) is 6.25. The molecule has 2 aromatic rings. The molecule has 0 aliphatic rings. The van der Waals surface area contributed by atoms with E-state index in [1.807, 2.05) is 0 Å². The zero-order valence-corrected chi connectivity index (χ0v) is 18.6. The summed E-state index contributed by atoms with van der Waals surface area (Å²) >= 11 is 0. The van der Waals surface area contributed by atoms with Crippen LogP contribution < -0.4 is 5.19 Å². The van der Waals surface area contributed by atoms with Crippen molar-refractivity contribution in [3.8, 4) is 0 Å². The molecule has 1 heterocycles. The Balaban J connectivity index is 2.90. The summed E-state index contributed by atoms with van der Waals surface area (Å²) < 4.78 is 2.79. The maximum Gasteiger partial charge on any atom is 0.169 e. The van der Waals surface area contributed by atoms with Crippen molar-refractivity contribution in [2.75, 3.05) is 0 Å². The van der Waals surface area contributed by atoms with Gasteiger partial charge in [-0.3, -0.25) is 0 Å². The average molecular weight is 346 g/mol. The standard InChI is InChI=1S/C20H35NSi2/c1-15(2)23(16(3)4,17(5)6)21-14-20(22(7,8)9)18-12-10-11-13-19(18)21/h10-17H,1-9H3. The first-order valence-corrected chi connectivity index (χ1v) is 14.8. The summed E-state index contributed by atoms with van der Waals surface area (Å²) in [6.07, 6.45) is 2.57. The molecule has 0 N–H and O–H groups in total. The van der Waals surface area contributed by atoms with Gasteiger partial charge >= 0.3 is 0 Å². The monoisotopic (exact) mass is 345 g/mol. The lowest BCUT2D eigenvalue weighted by Crippen LogP contribution is -2.52. The Bertz CT molecular complexity index is 653. The molecule has 23 heavy (non-hydrogen) atoms. The molecule has 0 saturated heterocycles. The normalized spacial score (nSPS) is 13.7. The highest BCUT2D eigenvalue weighted by atomic mass is 28.3. The Hall–Kier alpha value is -0.806. The van der Waals surface area contributed by atoms with Crippen LogP contribution in [-0.4, -0.2) is 20.5 Å². The molecular weight excluding hydrogens is 310 g/mol. The minimum absolute atomic E-state index is 0.729. The van der Waals surface area contributed by atoms with Crippen LogP contribution in [0.25, 0.3) is 10.9 Å². The highest BCUT2D eigenvalue weighted by Crippen LogP contribution is 2.44. The van der Waals surface area contributed by atoms with Crippen molar-refractivity contribution in [2.45, 2.75) is 77.8 Å². The third-order valence-corrected chi connectivity index (χ3v) is 14.5. The average Bonchev–Trinajstić information content (AvgIpc) is 2.78. The first kappa shape index (κ1) is 18.5. The summed E-state index contributed by atoms with van der Waals surface area (Å²) in [6, 6.07) is 9.13. The molecule has 0 aliphatic heterocycles. The maximum atomic E-state index is 2.79. The van der Waals surface area contributed by atoms with Gasteiger partial charge in [0.15, 0.2) is 8.24 Å². The Morgan fingerprint density at radius 3 is 1.70 bits per heavy atom. The fourth-order valence-electron chi connectivity index (χ4n) is 4.93. The molecule has 128 valence electrons. The maximum absolute atomic E-state index is 2.79. The van der Waals surface area contributed by atoms with Gasteiger partial charge in [-0.1, -0.05) is 79.4 Å². The molecule has 0 aliphatic carbocycles. The molecule has 0 unspecified atom stereocenters. The van der Waals surface area contributed by atoms with Gasteiger partial charge in [0.25, 0.3) is 0 Å². The van der Waals surface area contributed by atoms with E-state index in [0.717, 1.165) is 16.6 Å². The van der Waals surface area contributed by atoms with E-state index in [1.165, 1.54) is 10.9 Å². The van der Waals surface area contributed by atoms with Crippen LogP contribution in [0.2, 0.25) is 36.3 Å². The van der Waals surface area contributed by atoms with Crippen LogP contribution in [0.4, 0.5) is 0 Å². The van der Waals surface area contributed by atoms with Crippen molar-refractivity contribution < 1.29 is 0 Å². The summed E-state index contributed by atoms with van der Waals surface area (Å²) in [4.78, 5) is 0. The van der Waals surface area contributed by atoms with Crippen molar-refractivity contribution in [1.29, 1.82) is 0 Å². The number of aromatic nitrogens is 1. The number of benzene rings is 1. The van der Waals surface area contributed by atoms with Gasteiger partial charge in [-0.2, -0.15) is 0 Å². The van der Waals surface area contributed by atoms with E-state index in [9.17, 15) is 0 Å². The first-order chi connectivity index (χ1) is 10.5. The molecular formula is C20H35NSi2. The third-order valence-electron chi connectivity index (χ3n) is 5.71. The summed E-state index contributed by atoms with van der Waals surface area (Å²) in [5.74, 6) is 0. The van der Waals surface area contributed by atoms with Crippen LogP contribution >= 0.6 is 0 Å². The number of fused-ring (bicyclic) bond motifs is 1. The fraction of sp³-hybridized carbons (Fsp3) is 0.600. The van der Waals surface area contributed by atoms with Crippen LogP contribution in [0, 0.1) is 0 Å². The number of nitrogens with zero attached hydrogens (tertiary/aromatic N) is 1. The van der Waals surface area contributed by atoms with Gasteiger partial charge in [-0.05, 0) is 39.5 Å². The Labute approximate surface area is 145 Å². The summed E-state index contributed by atoms with van der Waals surface area (Å²) in [7, 11) is -3.05. The highest BCUT2D eigenvalue weighted by Gasteiger charge is 2.46. The van der Waals surface area contributed by atoms with E-state index < -0.39 is 16.3 Å². The largest absolute Gasteiger partial charge is 0.373 e. The fourth-order valence-corrected chi connectivity index (χ4v) is 13.2. The summed E-state index contributed by atoms with van der Waals surface area (Å²) in [6.45, 7) is 22.1. The second-order valence-electron chi connectivity index (χ2n) is 9.03. The molecule has 0 bridgehead atoms. The van der Waals surface area contributed by atoms with Crippen LogP contribution in [0.5, 0.6) is 0 Å². The highest BCUT2D eigenvalue weighted by molar-refractivity contribution is 6.91. The molecule has 0 spiro atoms. The molecule has 0 saturated carbocycles. The smallest absolute Gasteiger partial charge is 0.169 e. The van der Waals surface area contributed by atoms with Crippen molar-refractivity contribution in [2.24, 2.45) is 0 Å². The van der Waals surface area contributed by atoms with Crippen molar-refractivity contribution in [1.82, 2.24) is 4.23 Å². The lowest BCUT2D eigenvalue weighted by Gasteiger charge is -2.44. The van der Waals surface area contributed by atoms with E-state index in [0.29, 0.717) is 0 Å². The lowest BCUT2D eigenvalue weighted by atomic mass is 10.2. The van der Waals surface area contributed by atoms with Gasteiger partial charge in [0.2, 0.25) is 0 Å². The minimum Gasteiger partial charge on any atom is -0.373 e. The third kappa shape index (κ3) is 2.87. The predicted octanol–water partition coefficient (Wildman–Crippen LogP) is 6.21. The first-order valence-electron chi connectivity index (χ1n) is 9.15. The van der Waals surface area contributed by atoms with Crippen molar-refractivity contribution >= 4 is 32.4 Å². The molecule has 1 aromatic carbocycles. The molecule has 1 nitrogen and oxygen atoms in total. The Morgan fingerprint density at radius 1 is 0.783 bits per heavy atom. The lowest BCUT2D eigenvalue weighted by molar-refractivity contribution is 0.773. The SMILES string of the molecule is CC(C)[Si](C(C)C)(C(C)C)n1cc([Si](C)(C)C)c2ccccc21. The van der Waals surface area contributed by atoms with E-state index in [-0.39, 0.29) is 0 Å². The second-order valence-corrected chi connectivity index (χ2v) is 19.8. The zero-order valence-electron chi connectivity index (χ0n) is 16.6. The number of hydrogen-bond acceptors (Lipinski definition) is 0. The summed E-state index contributed by atoms with van der Waals surface area (Å²) in [5.41, 5.74) is 3.67. The molecule has 3 heteroatoms. The molecule has 1 aromatic heterocycles. The van der Waals surface area contributed by atoms with Crippen LogP contribution in [0.15, 0.2) is 30.5 Å². The van der Waals surface area contributed by atoms with Crippen LogP contribution in [0.1, 0.15) is 41.5 Å². The van der Waals surface area contributed by atoms with Gasteiger partial charge in [0.05, 0.1) is 8.07 Å². The Morgan fingerprint density at radius 2 is 1.26 bits per heavy atom. The zero-order chi connectivity index (χ0) is 17.6. The molecule has 0 fully saturated rings. The quantitative estimate of drug-likeness (QED) is 0.568. The van der Waals surface area contributed by atoms with Crippen LogP contribution in [0.3, 0.4) is 0 Å². The van der Waals surface area contributed by atoms with E-state index in [1.54, 1.807) is 5.19 Å².